The molecular weight excluding hydrogens is 282 g/mol. The molecular formula is C17H22ClN3. The largest absolute Gasteiger partial charge is 0.353 e. The SMILES string of the molecule is CCc1cc(CN)cc(N(C)C(C)c2ccccc2Cl)n1. The summed E-state index contributed by atoms with van der Waals surface area (Å²) in [5, 5.41) is 0.780. The molecule has 1 aromatic heterocycles. The van der Waals surface area contributed by atoms with Crippen LogP contribution < -0.4 is 10.6 Å². The summed E-state index contributed by atoms with van der Waals surface area (Å²) < 4.78 is 0. The Bertz CT molecular complexity index is 590. The van der Waals surface area contributed by atoms with Crippen LogP contribution in [0.2, 0.25) is 5.02 Å². The van der Waals surface area contributed by atoms with E-state index in [0.717, 1.165) is 34.1 Å². The normalized spacial score (nSPS) is 12.2. The molecule has 112 valence electrons. The molecule has 1 unspecified atom stereocenters. The smallest absolute Gasteiger partial charge is 0.129 e. The molecule has 2 rings (SSSR count). The van der Waals surface area contributed by atoms with Crippen molar-refractivity contribution in [3.63, 3.8) is 0 Å². The minimum atomic E-state index is 0.143. The second kappa shape index (κ2) is 6.92. The number of pyridine rings is 1. The van der Waals surface area contributed by atoms with Crippen LogP contribution in [0.3, 0.4) is 0 Å². The number of halogens is 1. The van der Waals surface area contributed by atoms with Crippen molar-refractivity contribution in [2.24, 2.45) is 5.73 Å². The molecule has 21 heavy (non-hydrogen) atoms. The Morgan fingerprint density at radius 3 is 2.62 bits per heavy atom. The molecule has 4 heteroatoms. The first-order chi connectivity index (χ1) is 10.1. The van der Waals surface area contributed by atoms with Crippen LogP contribution in [0.4, 0.5) is 5.82 Å². The molecule has 0 spiro atoms. The van der Waals surface area contributed by atoms with E-state index in [9.17, 15) is 0 Å². The van der Waals surface area contributed by atoms with Gasteiger partial charge in [0, 0.05) is 24.3 Å². The highest BCUT2D eigenvalue weighted by Crippen LogP contribution is 2.29. The maximum atomic E-state index is 6.30. The molecule has 1 aromatic carbocycles. The Morgan fingerprint density at radius 2 is 2.00 bits per heavy atom. The lowest BCUT2D eigenvalue weighted by Crippen LogP contribution is -2.23. The van der Waals surface area contributed by atoms with Crippen molar-refractivity contribution >= 4 is 17.4 Å². The molecule has 0 aliphatic rings. The van der Waals surface area contributed by atoms with Crippen LogP contribution in [0.15, 0.2) is 36.4 Å². The first-order valence-electron chi connectivity index (χ1n) is 7.24. The van der Waals surface area contributed by atoms with E-state index in [4.69, 9.17) is 22.3 Å². The molecule has 1 heterocycles. The second-order valence-corrected chi connectivity index (χ2v) is 5.60. The Kier molecular flexibility index (Phi) is 5.21. The van der Waals surface area contributed by atoms with Gasteiger partial charge in [-0.2, -0.15) is 0 Å². The number of hydrogen-bond acceptors (Lipinski definition) is 3. The number of nitrogens with two attached hydrogens (primary N) is 1. The van der Waals surface area contributed by atoms with Gasteiger partial charge in [-0.05, 0) is 42.7 Å². The van der Waals surface area contributed by atoms with Crippen LogP contribution in [-0.4, -0.2) is 12.0 Å². The third-order valence-corrected chi connectivity index (χ3v) is 4.16. The predicted molar refractivity (Wildman–Crippen MR) is 89.8 cm³/mol. The van der Waals surface area contributed by atoms with Gasteiger partial charge in [0.25, 0.3) is 0 Å². The lowest BCUT2D eigenvalue weighted by atomic mass is 10.1. The number of benzene rings is 1. The van der Waals surface area contributed by atoms with Crippen LogP contribution in [0.5, 0.6) is 0 Å². The molecule has 0 saturated heterocycles. The van der Waals surface area contributed by atoms with Crippen molar-refractivity contribution in [2.75, 3.05) is 11.9 Å². The molecule has 3 nitrogen and oxygen atoms in total. The third kappa shape index (κ3) is 3.55. The predicted octanol–water partition coefficient (Wildman–Crippen LogP) is 3.95. The summed E-state index contributed by atoms with van der Waals surface area (Å²) in [5.41, 5.74) is 9.05. The Labute approximate surface area is 131 Å². The number of aromatic nitrogens is 1. The van der Waals surface area contributed by atoms with Crippen molar-refractivity contribution < 1.29 is 0 Å². The Hall–Kier alpha value is -1.58. The van der Waals surface area contributed by atoms with Crippen molar-refractivity contribution in [3.8, 4) is 0 Å². The quantitative estimate of drug-likeness (QED) is 0.909. The first kappa shape index (κ1) is 15.8. The van der Waals surface area contributed by atoms with E-state index < -0.39 is 0 Å². The minimum absolute atomic E-state index is 0.143. The second-order valence-electron chi connectivity index (χ2n) is 5.19. The molecule has 0 saturated carbocycles. The van der Waals surface area contributed by atoms with Crippen molar-refractivity contribution in [3.05, 3.63) is 58.2 Å². The van der Waals surface area contributed by atoms with E-state index in [1.807, 2.05) is 31.3 Å². The van der Waals surface area contributed by atoms with Gasteiger partial charge in [0.15, 0.2) is 0 Å². The van der Waals surface area contributed by atoms with E-state index in [-0.39, 0.29) is 6.04 Å². The molecule has 2 aromatic rings. The number of nitrogens with zero attached hydrogens (tertiary/aromatic N) is 2. The molecule has 0 aliphatic carbocycles. The van der Waals surface area contributed by atoms with E-state index >= 15 is 0 Å². The highest BCUT2D eigenvalue weighted by molar-refractivity contribution is 6.31. The highest BCUT2D eigenvalue weighted by atomic mass is 35.5. The zero-order chi connectivity index (χ0) is 15.4. The van der Waals surface area contributed by atoms with E-state index in [1.165, 1.54) is 0 Å². The summed E-state index contributed by atoms with van der Waals surface area (Å²) in [6, 6.07) is 12.2. The molecule has 0 fully saturated rings. The van der Waals surface area contributed by atoms with Gasteiger partial charge in [-0.1, -0.05) is 36.7 Å². The van der Waals surface area contributed by atoms with Gasteiger partial charge in [-0.25, -0.2) is 4.98 Å². The monoisotopic (exact) mass is 303 g/mol. The molecule has 0 radical (unpaired) electrons. The van der Waals surface area contributed by atoms with Crippen LogP contribution >= 0.6 is 11.6 Å². The summed E-state index contributed by atoms with van der Waals surface area (Å²) in [4.78, 5) is 6.84. The Balaban J connectivity index is 2.35. The van der Waals surface area contributed by atoms with E-state index in [2.05, 4.69) is 30.9 Å². The maximum Gasteiger partial charge on any atom is 0.129 e. The lowest BCUT2D eigenvalue weighted by Gasteiger charge is -2.28. The number of aryl methyl sites for hydroxylation is 1. The zero-order valence-electron chi connectivity index (χ0n) is 12.8. The molecule has 0 amide bonds. The topological polar surface area (TPSA) is 42.1 Å². The van der Waals surface area contributed by atoms with Crippen molar-refractivity contribution in [2.45, 2.75) is 32.9 Å². The maximum absolute atomic E-state index is 6.30. The van der Waals surface area contributed by atoms with Gasteiger partial charge in [0.05, 0.1) is 6.04 Å². The van der Waals surface area contributed by atoms with E-state index in [0.29, 0.717) is 6.54 Å². The Morgan fingerprint density at radius 1 is 1.29 bits per heavy atom. The van der Waals surface area contributed by atoms with Crippen molar-refractivity contribution in [1.82, 2.24) is 4.98 Å². The molecule has 0 bridgehead atoms. The highest BCUT2D eigenvalue weighted by Gasteiger charge is 2.16. The van der Waals surface area contributed by atoms with Crippen LogP contribution in [0.1, 0.15) is 36.7 Å². The summed E-state index contributed by atoms with van der Waals surface area (Å²) in [5.74, 6) is 0.933. The van der Waals surface area contributed by atoms with Gasteiger partial charge < -0.3 is 10.6 Å². The van der Waals surface area contributed by atoms with Crippen LogP contribution in [0, 0.1) is 0 Å². The van der Waals surface area contributed by atoms with Crippen molar-refractivity contribution in [1.29, 1.82) is 0 Å². The summed E-state index contributed by atoms with van der Waals surface area (Å²) in [7, 11) is 2.04. The van der Waals surface area contributed by atoms with Gasteiger partial charge in [0.2, 0.25) is 0 Å². The standard InChI is InChI=1S/C17H22ClN3/c1-4-14-9-13(11-19)10-17(20-14)21(3)12(2)15-7-5-6-8-16(15)18/h5-10,12H,4,11,19H2,1-3H3. The van der Waals surface area contributed by atoms with Gasteiger partial charge in [0.1, 0.15) is 5.82 Å². The van der Waals surface area contributed by atoms with E-state index in [1.54, 1.807) is 0 Å². The number of rotatable bonds is 5. The van der Waals surface area contributed by atoms with Crippen LogP contribution in [0.25, 0.3) is 0 Å². The third-order valence-electron chi connectivity index (χ3n) is 3.82. The van der Waals surface area contributed by atoms with Gasteiger partial charge in [-0.15, -0.1) is 0 Å². The van der Waals surface area contributed by atoms with Gasteiger partial charge >= 0.3 is 0 Å². The fourth-order valence-corrected chi connectivity index (χ4v) is 2.63. The summed E-state index contributed by atoms with van der Waals surface area (Å²) in [6.45, 7) is 4.75. The number of anilines is 1. The fourth-order valence-electron chi connectivity index (χ4n) is 2.33. The lowest BCUT2D eigenvalue weighted by molar-refractivity contribution is 0.724. The molecule has 2 N–H and O–H groups in total. The fraction of sp³-hybridized carbons (Fsp3) is 0.353. The van der Waals surface area contributed by atoms with Gasteiger partial charge in [-0.3, -0.25) is 0 Å². The average Bonchev–Trinajstić information content (AvgIpc) is 2.53. The molecule has 1 atom stereocenters. The molecule has 0 aliphatic heterocycles. The van der Waals surface area contributed by atoms with Crippen LogP contribution in [-0.2, 0) is 13.0 Å². The number of hydrogen-bond donors (Lipinski definition) is 1. The minimum Gasteiger partial charge on any atom is -0.353 e. The summed E-state index contributed by atoms with van der Waals surface area (Å²) in [6.07, 6.45) is 0.898. The first-order valence-corrected chi connectivity index (χ1v) is 7.61. The zero-order valence-corrected chi connectivity index (χ0v) is 13.6. The average molecular weight is 304 g/mol. The summed E-state index contributed by atoms with van der Waals surface area (Å²) >= 11 is 6.30.